The monoisotopic (exact) mass is 187 g/mol. The largest absolute Gasteiger partial charge is 0.474 e. The Balaban J connectivity index is 2.50. The summed E-state index contributed by atoms with van der Waals surface area (Å²) < 4.78 is 0. The van der Waals surface area contributed by atoms with Crippen LogP contribution in [0.1, 0.15) is 19.8 Å². The van der Waals surface area contributed by atoms with Crippen LogP contribution in [-0.4, -0.2) is 45.7 Å². The highest BCUT2D eigenvalue weighted by molar-refractivity contribution is 6.31. The van der Waals surface area contributed by atoms with E-state index in [0.717, 1.165) is 0 Å². The minimum atomic E-state index is -1.43. The van der Waals surface area contributed by atoms with Crippen molar-refractivity contribution in [2.24, 2.45) is 0 Å². The lowest BCUT2D eigenvalue weighted by Crippen LogP contribution is -2.47. The number of aliphatic hydroxyl groups is 1. The van der Waals surface area contributed by atoms with Crippen LogP contribution in [0.25, 0.3) is 0 Å². The highest BCUT2D eigenvalue weighted by atomic mass is 16.4. The number of amides is 1. The van der Waals surface area contributed by atoms with Gasteiger partial charge in [0.25, 0.3) is 0 Å². The molecular weight excluding hydrogens is 174 g/mol. The van der Waals surface area contributed by atoms with Gasteiger partial charge in [0, 0.05) is 13.1 Å². The molecule has 0 aromatic carbocycles. The molecule has 0 unspecified atom stereocenters. The van der Waals surface area contributed by atoms with Crippen molar-refractivity contribution in [1.82, 2.24) is 4.90 Å². The maximum atomic E-state index is 11.0. The third-order valence-electron chi connectivity index (χ3n) is 2.31. The zero-order chi connectivity index (χ0) is 10.1. The molecule has 5 heteroatoms. The van der Waals surface area contributed by atoms with Gasteiger partial charge < -0.3 is 15.1 Å². The minimum absolute atomic E-state index is 0.318. The van der Waals surface area contributed by atoms with E-state index in [4.69, 9.17) is 5.11 Å². The van der Waals surface area contributed by atoms with Gasteiger partial charge in [-0.3, -0.25) is 4.79 Å². The van der Waals surface area contributed by atoms with Crippen LogP contribution in [0, 0.1) is 0 Å². The van der Waals surface area contributed by atoms with Crippen molar-refractivity contribution in [3.8, 4) is 0 Å². The number of hydrogen-bond donors (Lipinski definition) is 2. The van der Waals surface area contributed by atoms with E-state index >= 15 is 0 Å². The van der Waals surface area contributed by atoms with Gasteiger partial charge >= 0.3 is 11.9 Å². The Morgan fingerprint density at radius 2 is 1.77 bits per heavy atom. The fourth-order valence-corrected chi connectivity index (χ4v) is 1.33. The molecule has 13 heavy (non-hydrogen) atoms. The van der Waals surface area contributed by atoms with Crippen LogP contribution in [0.3, 0.4) is 0 Å². The summed E-state index contributed by atoms with van der Waals surface area (Å²) in [6, 6.07) is 0. The molecule has 1 fully saturated rings. The number of aliphatic carboxylic acids is 1. The minimum Gasteiger partial charge on any atom is -0.474 e. The molecule has 74 valence electrons. The Bertz CT molecular complexity index is 226. The second kappa shape index (κ2) is 3.33. The molecule has 0 saturated carbocycles. The average molecular weight is 187 g/mol. The smallest absolute Gasteiger partial charge is 0.394 e. The number of hydrogen-bond acceptors (Lipinski definition) is 3. The highest BCUT2D eigenvalue weighted by Gasteiger charge is 2.31. The Hall–Kier alpha value is -1.10. The summed E-state index contributed by atoms with van der Waals surface area (Å²) in [5.41, 5.74) is -0.755. The predicted molar refractivity (Wildman–Crippen MR) is 44.1 cm³/mol. The van der Waals surface area contributed by atoms with Crippen molar-refractivity contribution in [3.63, 3.8) is 0 Å². The van der Waals surface area contributed by atoms with E-state index in [2.05, 4.69) is 0 Å². The molecule has 0 aromatic heterocycles. The maximum Gasteiger partial charge on any atom is 0.394 e. The molecule has 1 saturated heterocycles. The fraction of sp³-hybridized carbons (Fsp3) is 0.750. The van der Waals surface area contributed by atoms with Crippen LogP contribution < -0.4 is 0 Å². The van der Waals surface area contributed by atoms with Gasteiger partial charge in [0.05, 0.1) is 5.60 Å². The third kappa shape index (κ3) is 2.42. The summed E-state index contributed by atoms with van der Waals surface area (Å²) in [7, 11) is 0. The summed E-state index contributed by atoms with van der Waals surface area (Å²) in [6.07, 6.45) is 0.873. The van der Waals surface area contributed by atoms with Gasteiger partial charge in [-0.2, -0.15) is 0 Å². The number of carboxylic acids is 1. The van der Waals surface area contributed by atoms with Crippen molar-refractivity contribution in [2.75, 3.05) is 13.1 Å². The molecule has 1 rings (SSSR count). The molecule has 0 bridgehead atoms. The standard InChI is InChI=1S/C8H13NO4/c1-8(13)2-4-9(5-3-8)6(10)7(11)12/h13H,2-5H2,1H3,(H,11,12). The summed E-state index contributed by atoms with van der Waals surface area (Å²) in [5, 5.41) is 17.9. The Labute approximate surface area is 76.0 Å². The normalized spacial score (nSPS) is 21.2. The van der Waals surface area contributed by atoms with Gasteiger partial charge in [-0.25, -0.2) is 4.79 Å². The highest BCUT2D eigenvalue weighted by Crippen LogP contribution is 2.20. The zero-order valence-electron chi connectivity index (χ0n) is 7.49. The summed E-state index contributed by atoms with van der Waals surface area (Å²) >= 11 is 0. The lowest BCUT2D eigenvalue weighted by atomic mass is 9.94. The van der Waals surface area contributed by atoms with E-state index in [1.807, 2.05) is 0 Å². The number of carboxylic acid groups (broad SMARTS) is 1. The molecule has 1 aliphatic rings. The van der Waals surface area contributed by atoms with Crippen LogP contribution in [0.4, 0.5) is 0 Å². The average Bonchev–Trinajstić information content (AvgIpc) is 2.03. The SMILES string of the molecule is CC1(O)CCN(C(=O)C(=O)O)CC1. The number of carbonyl (C=O) groups excluding carboxylic acids is 1. The van der Waals surface area contributed by atoms with E-state index in [9.17, 15) is 14.7 Å². The predicted octanol–water partition coefficient (Wildman–Crippen LogP) is -0.556. The van der Waals surface area contributed by atoms with Crippen LogP contribution in [0.5, 0.6) is 0 Å². The van der Waals surface area contributed by atoms with Crippen molar-refractivity contribution < 1.29 is 19.8 Å². The molecule has 0 aliphatic carbocycles. The molecule has 0 radical (unpaired) electrons. The topological polar surface area (TPSA) is 77.8 Å². The molecule has 5 nitrogen and oxygen atoms in total. The van der Waals surface area contributed by atoms with E-state index in [0.29, 0.717) is 25.9 Å². The quantitative estimate of drug-likeness (QED) is 0.498. The Kier molecular flexibility index (Phi) is 2.56. The maximum absolute atomic E-state index is 11.0. The molecule has 0 spiro atoms. The van der Waals surface area contributed by atoms with Gasteiger partial charge in [-0.05, 0) is 19.8 Å². The second-order valence-electron chi connectivity index (χ2n) is 3.59. The first-order valence-corrected chi connectivity index (χ1v) is 4.17. The number of rotatable bonds is 0. The van der Waals surface area contributed by atoms with Crippen molar-refractivity contribution in [2.45, 2.75) is 25.4 Å². The van der Waals surface area contributed by atoms with E-state index in [1.165, 1.54) is 4.90 Å². The first kappa shape index (κ1) is 9.98. The first-order chi connectivity index (χ1) is 5.92. The van der Waals surface area contributed by atoms with Crippen molar-refractivity contribution in [1.29, 1.82) is 0 Å². The molecule has 0 atom stereocenters. The van der Waals surface area contributed by atoms with Crippen LogP contribution in [0.15, 0.2) is 0 Å². The van der Waals surface area contributed by atoms with Crippen molar-refractivity contribution >= 4 is 11.9 Å². The van der Waals surface area contributed by atoms with Gasteiger partial charge in [0.1, 0.15) is 0 Å². The van der Waals surface area contributed by atoms with Gasteiger partial charge in [0.2, 0.25) is 0 Å². The molecule has 2 N–H and O–H groups in total. The van der Waals surface area contributed by atoms with Gasteiger partial charge in [-0.15, -0.1) is 0 Å². The lowest BCUT2D eigenvalue weighted by molar-refractivity contribution is -0.157. The third-order valence-corrected chi connectivity index (χ3v) is 2.31. The van der Waals surface area contributed by atoms with E-state index in [1.54, 1.807) is 6.92 Å². The number of likely N-dealkylation sites (tertiary alicyclic amines) is 1. The lowest BCUT2D eigenvalue weighted by Gasteiger charge is -2.34. The van der Waals surface area contributed by atoms with E-state index in [-0.39, 0.29) is 0 Å². The van der Waals surface area contributed by atoms with Gasteiger partial charge in [-0.1, -0.05) is 0 Å². The molecular formula is C8H13NO4. The van der Waals surface area contributed by atoms with E-state index < -0.39 is 17.5 Å². The van der Waals surface area contributed by atoms with Crippen molar-refractivity contribution in [3.05, 3.63) is 0 Å². The van der Waals surface area contributed by atoms with Crippen LogP contribution in [-0.2, 0) is 9.59 Å². The Morgan fingerprint density at radius 1 is 1.31 bits per heavy atom. The summed E-state index contributed by atoms with van der Waals surface area (Å²) in [4.78, 5) is 22.5. The van der Waals surface area contributed by atoms with Crippen LogP contribution >= 0.6 is 0 Å². The second-order valence-corrected chi connectivity index (χ2v) is 3.59. The number of carbonyl (C=O) groups is 2. The molecule has 1 amide bonds. The van der Waals surface area contributed by atoms with Crippen LogP contribution in [0.2, 0.25) is 0 Å². The molecule has 1 aliphatic heterocycles. The number of nitrogens with zero attached hydrogens (tertiary/aromatic N) is 1. The summed E-state index contributed by atoms with van der Waals surface area (Å²) in [6.45, 7) is 2.33. The molecule has 0 aromatic rings. The molecule has 1 heterocycles. The zero-order valence-corrected chi connectivity index (χ0v) is 7.49. The summed E-state index contributed by atoms with van der Waals surface area (Å²) in [5.74, 6) is -2.31. The Morgan fingerprint density at radius 3 is 2.15 bits per heavy atom. The fourth-order valence-electron chi connectivity index (χ4n) is 1.33. The van der Waals surface area contributed by atoms with Gasteiger partial charge in [0.15, 0.2) is 0 Å². The first-order valence-electron chi connectivity index (χ1n) is 4.17. The number of piperidine rings is 1.